The number of amides is 2. The smallest absolute Gasteiger partial charge is 0.228 e. The van der Waals surface area contributed by atoms with Crippen LogP contribution < -0.4 is 5.32 Å². The van der Waals surface area contributed by atoms with Crippen LogP contribution in [0.1, 0.15) is 32.1 Å². The van der Waals surface area contributed by atoms with Crippen LogP contribution in [0.5, 0.6) is 0 Å². The van der Waals surface area contributed by atoms with E-state index in [1.165, 1.54) is 0 Å². The number of likely N-dealkylation sites (tertiary alicyclic amines) is 1. The van der Waals surface area contributed by atoms with Crippen LogP contribution in [0.3, 0.4) is 0 Å². The second kappa shape index (κ2) is 5.49. The molecule has 2 saturated heterocycles. The highest BCUT2D eigenvalue weighted by atomic mass is 16.3. The Balaban J connectivity index is 1.91. The zero-order valence-electron chi connectivity index (χ0n) is 10.0. The first kappa shape index (κ1) is 12.4. The Kier molecular flexibility index (Phi) is 3.99. The number of aliphatic hydroxyl groups is 1. The monoisotopic (exact) mass is 240 g/mol. The first-order chi connectivity index (χ1) is 8.22. The lowest BCUT2D eigenvalue weighted by molar-refractivity contribution is -0.136. The van der Waals surface area contributed by atoms with Gasteiger partial charge in [0.1, 0.15) is 0 Å². The number of carbonyl (C=O) groups excluding carboxylic acids is 2. The Bertz CT molecular complexity index is 306. The molecule has 0 spiro atoms. The number of nitrogens with zero attached hydrogens (tertiary/aromatic N) is 1. The summed E-state index contributed by atoms with van der Waals surface area (Å²) in [6, 6.07) is 0.269. The van der Waals surface area contributed by atoms with Crippen LogP contribution in [-0.4, -0.2) is 47.6 Å². The number of rotatable bonds is 4. The first-order valence-electron chi connectivity index (χ1n) is 6.40. The summed E-state index contributed by atoms with van der Waals surface area (Å²) in [6.07, 6.45) is 4.02. The molecule has 5 heteroatoms. The Morgan fingerprint density at radius 3 is 3.00 bits per heavy atom. The molecule has 0 aromatic heterocycles. The molecule has 5 nitrogen and oxygen atoms in total. The molecule has 2 heterocycles. The fourth-order valence-corrected chi connectivity index (χ4v) is 2.77. The fourth-order valence-electron chi connectivity index (χ4n) is 2.77. The molecule has 0 radical (unpaired) electrons. The van der Waals surface area contributed by atoms with Gasteiger partial charge in [0.25, 0.3) is 0 Å². The number of hydrogen-bond donors (Lipinski definition) is 2. The van der Waals surface area contributed by atoms with E-state index in [-0.39, 0.29) is 30.4 Å². The molecule has 2 amide bonds. The Morgan fingerprint density at radius 2 is 2.35 bits per heavy atom. The van der Waals surface area contributed by atoms with Gasteiger partial charge in [-0.3, -0.25) is 9.59 Å². The summed E-state index contributed by atoms with van der Waals surface area (Å²) in [5.41, 5.74) is 0. The van der Waals surface area contributed by atoms with Gasteiger partial charge >= 0.3 is 0 Å². The van der Waals surface area contributed by atoms with E-state index in [0.29, 0.717) is 13.0 Å². The molecule has 2 rings (SSSR count). The van der Waals surface area contributed by atoms with Crippen molar-refractivity contribution in [2.75, 3.05) is 19.7 Å². The van der Waals surface area contributed by atoms with Gasteiger partial charge in [0.05, 0.1) is 5.92 Å². The molecule has 0 saturated carbocycles. The molecule has 2 aliphatic rings. The minimum atomic E-state index is -0.169. The van der Waals surface area contributed by atoms with Crippen molar-refractivity contribution < 1.29 is 14.7 Å². The van der Waals surface area contributed by atoms with Gasteiger partial charge in [-0.05, 0) is 25.7 Å². The number of aliphatic hydroxyl groups excluding tert-OH is 1. The van der Waals surface area contributed by atoms with Crippen molar-refractivity contribution in [3.8, 4) is 0 Å². The fraction of sp³-hybridized carbons (Fsp3) is 0.833. The Morgan fingerprint density at radius 1 is 1.53 bits per heavy atom. The summed E-state index contributed by atoms with van der Waals surface area (Å²) >= 11 is 0. The molecular weight excluding hydrogens is 220 g/mol. The largest absolute Gasteiger partial charge is 0.396 e. The lowest BCUT2D eigenvalue weighted by Crippen LogP contribution is -2.40. The van der Waals surface area contributed by atoms with E-state index < -0.39 is 0 Å². The molecule has 2 aliphatic heterocycles. The maximum Gasteiger partial charge on any atom is 0.228 e. The van der Waals surface area contributed by atoms with E-state index in [4.69, 9.17) is 5.11 Å². The van der Waals surface area contributed by atoms with Crippen LogP contribution in [0.4, 0.5) is 0 Å². The van der Waals surface area contributed by atoms with Gasteiger partial charge in [-0.15, -0.1) is 0 Å². The van der Waals surface area contributed by atoms with Crippen molar-refractivity contribution in [2.45, 2.75) is 38.1 Å². The quantitative estimate of drug-likeness (QED) is 0.720. The average molecular weight is 240 g/mol. The Labute approximate surface area is 101 Å². The zero-order chi connectivity index (χ0) is 12.3. The minimum Gasteiger partial charge on any atom is -0.396 e. The predicted octanol–water partition coefficient (Wildman–Crippen LogP) is -0.114. The highest BCUT2D eigenvalue weighted by Gasteiger charge is 2.36. The summed E-state index contributed by atoms with van der Waals surface area (Å²) in [6.45, 7) is 1.47. The third-order valence-corrected chi connectivity index (χ3v) is 3.68. The normalized spacial score (nSPS) is 28.5. The van der Waals surface area contributed by atoms with Crippen molar-refractivity contribution in [1.29, 1.82) is 0 Å². The Hall–Kier alpha value is -1.10. The van der Waals surface area contributed by atoms with E-state index in [1.54, 1.807) is 0 Å². The van der Waals surface area contributed by atoms with E-state index in [1.807, 2.05) is 4.90 Å². The highest BCUT2D eigenvalue weighted by molar-refractivity contribution is 5.89. The molecule has 0 aliphatic carbocycles. The van der Waals surface area contributed by atoms with Gasteiger partial charge in [-0.2, -0.15) is 0 Å². The van der Waals surface area contributed by atoms with Gasteiger partial charge < -0.3 is 15.3 Å². The van der Waals surface area contributed by atoms with Gasteiger partial charge in [0, 0.05) is 32.2 Å². The van der Waals surface area contributed by atoms with Crippen LogP contribution in [0.2, 0.25) is 0 Å². The van der Waals surface area contributed by atoms with Crippen LogP contribution >= 0.6 is 0 Å². The van der Waals surface area contributed by atoms with Gasteiger partial charge in [0.2, 0.25) is 11.8 Å². The van der Waals surface area contributed by atoms with Crippen molar-refractivity contribution in [1.82, 2.24) is 10.2 Å². The minimum absolute atomic E-state index is 0.0190. The molecular formula is C12H20N2O3. The maximum atomic E-state index is 12.2. The summed E-state index contributed by atoms with van der Waals surface area (Å²) < 4.78 is 0. The molecule has 2 atom stereocenters. The van der Waals surface area contributed by atoms with E-state index in [0.717, 1.165) is 32.2 Å². The highest BCUT2D eigenvalue weighted by Crippen LogP contribution is 2.25. The van der Waals surface area contributed by atoms with Gasteiger partial charge in [-0.1, -0.05) is 0 Å². The van der Waals surface area contributed by atoms with Crippen molar-refractivity contribution in [2.24, 2.45) is 5.92 Å². The van der Waals surface area contributed by atoms with Crippen molar-refractivity contribution in [3.05, 3.63) is 0 Å². The molecule has 0 aromatic rings. The van der Waals surface area contributed by atoms with Gasteiger partial charge in [0.15, 0.2) is 0 Å². The second-order valence-electron chi connectivity index (χ2n) is 4.90. The summed E-state index contributed by atoms with van der Waals surface area (Å²) in [5.74, 6) is -0.0736. The molecule has 2 unspecified atom stereocenters. The molecule has 96 valence electrons. The molecule has 2 N–H and O–H groups in total. The topological polar surface area (TPSA) is 69.6 Å². The summed E-state index contributed by atoms with van der Waals surface area (Å²) in [5, 5.41) is 11.5. The van der Waals surface area contributed by atoms with Crippen LogP contribution in [-0.2, 0) is 9.59 Å². The summed E-state index contributed by atoms with van der Waals surface area (Å²) in [4.78, 5) is 25.3. The standard InChI is InChI=1S/C12H20N2O3/c15-6-2-4-10-3-1-5-14(10)12(17)9-7-11(16)13-8-9/h9-10,15H,1-8H2,(H,13,16). The SMILES string of the molecule is O=C1CC(C(=O)N2CCCC2CCCO)CN1. The van der Waals surface area contributed by atoms with Crippen LogP contribution in [0.25, 0.3) is 0 Å². The van der Waals surface area contributed by atoms with Crippen LogP contribution in [0, 0.1) is 5.92 Å². The van der Waals surface area contributed by atoms with Crippen LogP contribution in [0.15, 0.2) is 0 Å². The first-order valence-corrected chi connectivity index (χ1v) is 6.40. The van der Waals surface area contributed by atoms with Gasteiger partial charge in [-0.25, -0.2) is 0 Å². The molecule has 0 bridgehead atoms. The van der Waals surface area contributed by atoms with Crippen molar-refractivity contribution in [3.63, 3.8) is 0 Å². The van der Waals surface area contributed by atoms with E-state index in [9.17, 15) is 9.59 Å². The lowest BCUT2D eigenvalue weighted by atomic mass is 10.0. The zero-order valence-corrected chi connectivity index (χ0v) is 10.0. The molecule has 2 fully saturated rings. The van der Waals surface area contributed by atoms with E-state index in [2.05, 4.69) is 5.32 Å². The number of nitrogens with one attached hydrogen (secondary N) is 1. The maximum absolute atomic E-state index is 12.2. The molecule has 0 aromatic carbocycles. The third-order valence-electron chi connectivity index (χ3n) is 3.68. The number of hydrogen-bond acceptors (Lipinski definition) is 3. The summed E-state index contributed by atoms with van der Waals surface area (Å²) in [7, 11) is 0. The van der Waals surface area contributed by atoms with Crippen molar-refractivity contribution >= 4 is 11.8 Å². The number of carbonyl (C=O) groups is 2. The predicted molar refractivity (Wildman–Crippen MR) is 62.2 cm³/mol. The lowest BCUT2D eigenvalue weighted by Gasteiger charge is -2.26. The third kappa shape index (κ3) is 2.77. The average Bonchev–Trinajstić information content (AvgIpc) is 2.94. The second-order valence-corrected chi connectivity index (χ2v) is 4.90. The molecule has 17 heavy (non-hydrogen) atoms. The van der Waals surface area contributed by atoms with E-state index >= 15 is 0 Å².